The summed E-state index contributed by atoms with van der Waals surface area (Å²) in [5.41, 5.74) is -1.94. The van der Waals surface area contributed by atoms with Crippen LogP contribution in [0.4, 0.5) is 13.2 Å². The van der Waals surface area contributed by atoms with Gasteiger partial charge in [-0.1, -0.05) is 60.5 Å². The van der Waals surface area contributed by atoms with E-state index in [4.69, 9.17) is 32.7 Å². The number of aromatic nitrogens is 1. The smallest absolute Gasteiger partial charge is 0.417 e. The summed E-state index contributed by atoms with van der Waals surface area (Å²) in [6.07, 6.45) is -6.05. The number of alkyl halides is 3. The highest BCUT2D eigenvalue weighted by Crippen LogP contribution is 2.36. The van der Waals surface area contributed by atoms with Crippen molar-refractivity contribution in [3.63, 3.8) is 0 Å². The second-order valence-electron chi connectivity index (χ2n) is 9.34. The van der Waals surface area contributed by atoms with Crippen molar-refractivity contribution < 1.29 is 37.0 Å². The van der Waals surface area contributed by atoms with Gasteiger partial charge in [0, 0.05) is 32.5 Å². The van der Waals surface area contributed by atoms with Gasteiger partial charge in [-0.2, -0.15) is 13.2 Å². The molecule has 0 saturated heterocycles. The molecule has 0 radical (unpaired) electrons. The number of halogens is 5. The van der Waals surface area contributed by atoms with E-state index in [0.717, 1.165) is 17.6 Å². The Hall–Kier alpha value is -3.83. The highest BCUT2D eigenvalue weighted by Gasteiger charge is 2.36. The van der Waals surface area contributed by atoms with Gasteiger partial charge in [-0.3, -0.25) is 14.4 Å². The van der Waals surface area contributed by atoms with Crippen LogP contribution in [-0.4, -0.2) is 34.7 Å². The van der Waals surface area contributed by atoms with E-state index in [1.54, 1.807) is 6.92 Å². The molecule has 3 aromatic rings. The van der Waals surface area contributed by atoms with E-state index in [2.05, 4.69) is 5.32 Å². The number of hydrogen-bond acceptors (Lipinski definition) is 6. The molecule has 3 rings (SSSR count). The molecule has 0 aliphatic rings. The van der Waals surface area contributed by atoms with E-state index in [9.17, 15) is 32.3 Å². The number of carbonyl (C=O) groups is 3. The fraction of sp³-hybridized carbons (Fsp3) is 0.310. The van der Waals surface area contributed by atoms with Gasteiger partial charge < -0.3 is 19.4 Å². The molecule has 224 valence electrons. The van der Waals surface area contributed by atoms with Crippen molar-refractivity contribution >= 4 is 41.0 Å². The molecule has 2 atom stereocenters. The molecule has 42 heavy (non-hydrogen) atoms. The second kappa shape index (κ2) is 13.4. The van der Waals surface area contributed by atoms with Gasteiger partial charge >= 0.3 is 18.1 Å². The number of pyridine rings is 1. The molecule has 1 N–H and O–H groups in total. The third-order valence-electron chi connectivity index (χ3n) is 6.32. The normalized spacial score (nSPS) is 12.8. The van der Waals surface area contributed by atoms with Gasteiger partial charge in [0.15, 0.2) is 0 Å². The van der Waals surface area contributed by atoms with Crippen LogP contribution in [0.15, 0.2) is 53.3 Å². The lowest BCUT2D eigenvalue weighted by molar-refractivity contribution is -0.188. The van der Waals surface area contributed by atoms with Gasteiger partial charge in [-0.05, 0) is 36.2 Å². The van der Waals surface area contributed by atoms with E-state index in [0.29, 0.717) is 5.56 Å². The van der Waals surface area contributed by atoms with Gasteiger partial charge in [-0.15, -0.1) is 0 Å². The average Bonchev–Trinajstić information content (AvgIpc) is 2.90. The zero-order valence-corrected chi connectivity index (χ0v) is 24.5. The Morgan fingerprint density at radius 1 is 1.02 bits per heavy atom. The lowest BCUT2D eigenvalue weighted by Crippen LogP contribution is -2.45. The molecule has 1 heterocycles. The van der Waals surface area contributed by atoms with Crippen molar-refractivity contribution in [3.05, 3.63) is 91.3 Å². The third-order valence-corrected chi connectivity index (χ3v) is 6.95. The molecule has 13 heteroatoms. The van der Waals surface area contributed by atoms with Crippen LogP contribution in [0.3, 0.4) is 0 Å². The number of amides is 1. The quantitative estimate of drug-likeness (QED) is 0.235. The van der Waals surface area contributed by atoms with Crippen molar-refractivity contribution in [1.82, 2.24) is 9.88 Å². The molecule has 1 amide bonds. The lowest BCUT2D eigenvalue weighted by Gasteiger charge is -2.22. The molecule has 1 aromatic heterocycles. The first kappa shape index (κ1) is 32.7. The van der Waals surface area contributed by atoms with Crippen LogP contribution in [0.5, 0.6) is 0 Å². The molecular formula is C29H27Cl2F3N2O6. The minimum Gasteiger partial charge on any atom is -0.425 e. The van der Waals surface area contributed by atoms with Crippen molar-refractivity contribution in [2.75, 3.05) is 0 Å². The zero-order chi connectivity index (χ0) is 31.4. The number of benzene rings is 2. The number of carbonyl (C=O) groups excluding carboxylic acids is 3. The number of nitrogens with one attached hydrogen (secondary N) is 1. The standard InChI is InChI=1S/C29H27Cl2F3N2O6/c1-5-23(41-16(3)37)42-28(40)22(35-26(38)25-20(30)7-6-8-21(25)31)14-17-9-11-18(12-10-17)24-19(29(32,33)34)13-15(2)36(4)27(24)39/h6-13,22-23H,5,14H2,1-4H3,(H,35,38). The van der Waals surface area contributed by atoms with Crippen LogP contribution in [0.1, 0.15) is 47.4 Å². The Morgan fingerprint density at radius 2 is 1.62 bits per heavy atom. The van der Waals surface area contributed by atoms with Crippen LogP contribution in [0.25, 0.3) is 11.1 Å². The SMILES string of the molecule is CCC(OC(C)=O)OC(=O)C(Cc1ccc(-c2c(C(F)(F)F)cc(C)n(C)c2=O)cc1)NC(=O)c1c(Cl)cccc1Cl. The highest BCUT2D eigenvalue weighted by molar-refractivity contribution is 6.39. The predicted octanol–water partition coefficient (Wildman–Crippen LogP) is 5.87. The second-order valence-corrected chi connectivity index (χ2v) is 10.2. The Morgan fingerprint density at radius 3 is 2.14 bits per heavy atom. The largest absolute Gasteiger partial charge is 0.425 e. The minimum atomic E-state index is -4.77. The number of aryl methyl sites for hydroxylation is 1. The summed E-state index contributed by atoms with van der Waals surface area (Å²) in [4.78, 5) is 50.4. The van der Waals surface area contributed by atoms with Crippen molar-refractivity contribution in [3.8, 4) is 11.1 Å². The number of nitrogens with zero attached hydrogens (tertiary/aromatic N) is 1. The monoisotopic (exact) mass is 626 g/mol. The topological polar surface area (TPSA) is 104 Å². The molecule has 0 bridgehead atoms. The Labute approximate surface area is 249 Å². The number of hydrogen-bond donors (Lipinski definition) is 1. The van der Waals surface area contributed by atoms with Crippen LogP contribution in [-0.2, 0) is 38.7 Å². The summed E-state index contributed by atoms with van der Waals surface area (Å²) in [6.45, 7) is 4.15. The van der Waals surface area contributed by atoms with E-state index >= 15 is 0 Å². The summed E-state index contributed by atoms with van der Waals surface area (Å²) in [5, 5.41) is 2.58. The number of rotatable bonds is 9. The van der Waals surface area contributed by atoms with E-state index in [1.807, 2.05) is 0 Å². The maximum atomic E-state index is 13.8. The van der Waals surface area contributed by atoms with Gasteiger partial charge in [-0.25, -0.2) is 4.79 Å². The zero-order valence-electron chi connectivity index (χ0n) is 23.0. The molecular weight excluding hydrogens is 600 g/mol. The Balaban J connectivity index is 1.97. The molecule has 0 fully saturated rings. The summed E-state index contributed by atoms with van der Waals surface area (Å²) < 4.78 is 52.8. The Kier molecular flexibility index (Phi) is 10.5. The van der Waals surface area contributed by atoms with Crippen LogP contribution >= 0.6 is 23.2 Å². The van der Waals surface area contributed by atoms with Crippen molar-refractivity contribution in [2.45, 2.75) is 52.1 Å². The number of esters is 2. The molecule has 2 unspecified atom stereocenters. The average molecular weight is 627 g/mol. The predicted molar refractivity (Wildman–Crippen MR) is 150 cm³/mol. The van der Waals surface area contributed by atoms with Gasteiger partial charge in [0.1, 0.15) is 6.04 Å². The summed E-state index contributed by atoms with van der Waals surface area (Å²) >= 11 is 12.3. The van der Waals surface area contributed by atoms with Gasteiger partial charge in [0.25, 0.3) is 11.5 Å². The van der Waals surface area contributed by atoms with Crippen LogP contribution < -0.4 is 10.9 Å². The molecule has 0 spiro atoms. The first-order valence-electron chi connectivity index (χ1n) is 12.6. The molecule has 2 aromatic carbocycles. The fourth-order valence-corrected chi connectivity index (χ4v) is 4.66. The van der Waals surface area contributed by atoms with Gasteiger partial charge in [0.05, 0.1) is 26.7 Å². The van der Waals surface area contributed by atoms with Crippen LogP contribution in [0.2, 0.25) is 10.0 Å². The maximum Gasteiger partial charge on any atom is 0.417 e. The lowest BCUT2D eigenvalue weighted by atomic mass is 9.97. The molecule has 0 aliphatic heterocycles. The van der Waals surface area contributed by atoms with Crippen molar-refractivity contribution in [1.29, 1.82) is 0 Å². The molecule has 8 nitrogen and oxygen atoms in total. The van der Waals surface area contributed by atoms with E-state index in [1.165, 1.54) is 56.4 Å². The van der Waals surface area contributed by atoms with E-state index < -0.39 is 53.0 Å². The first-order valence-corrected chi connectivity index (χ1v) is 13.4. The van der Waals surface area contributed by atoms with E-state index in [-0.39, 0.29) is 39.7 Å². The Bertz CT molecular complexity index is 1530. The third kappa shape index (κ3) is 7.71. The fourth-order valence-electron chi connectivity index (χ4n) is 4.09. The first-order chi connectivity index (χ1) is 19.6. The molecule has 0 saturated carbocycles. The minimum absolute atomic E-state index is 0.0126. The molecule has 0 aliphatic carbocycles. The van der Waals surface area contributed by atoms with Crippen molar-refractivity contribution in [2.24, 2.45) is 7.05 Å². The summed E-state index contributed by atoms with van der Waals surface area (Å²) in [5.74, 6) is -2.42. The summed E-state index contributed by atoms with van der Waals surface area (Å²) in [6, 6.07) is 9.45. The van der Waals surface area contributed by atoms with Crippen LogP contribution in [0, 0.1) is 6.92 Å². The summed E-state index contributed by atoms with van der Waals surface area (Å²) in [7, 11) is 1.37. The van der Waals surface area contributed by atoms with Gasteiger partial charge in [0.2, 0.25) is 6.29 Å². The maximum absolute atomic E-state index is 13.8. The number of ether oxygens (including phenoxy) is 2. The highest BCUT2D eigenvalue weighted by atomic mass is 35.5.